The normalized spacial score (nSPS) is 13.8. The van der Waals surface area contributed by atoms with Crippen molar-refractivity contribution in [3.05, 3.63) is 47.4 Å². The largest absolute Gasteiger partial charge is 0.357 e. The van der Waals surface area contributed by atoms with Crippen molar-refractivity contribution in [3.63, 3.8) is 0 Å². The minimum Gasteiger partial charge on any atom is -0.357 e. The second-order valence-electron chi connectivity index (χ2n) is 6.43. The lowest BCUT2D eigenvalue weighted by Crippen LogP contribution is -2.31. The molecule has 1 fully saturated rings. The molecule has 1 saturated heterocycles. The Labute approximate surface area is 148 Å². The summed E-state index contributed by atoms with van der Waals surface area (Å²) in [4.78, 5) is 23.1. The summed E-state index contributed by atoms with van der Waals surface area (Å²) in [6.45, 7) is 6.66. The summed E-state index contributed by atoms with van der Waals surface area (Å²) in [6, 6.07) is 5.70. The van der Waals surface area contributed by atoms with Gasteiger partial charge in [0.05, 0.1) is 11.4 Å². The van der Waals surface area contributed by atoms with Crippen molar-refractivity contribution in [1.29, 1.82) is 0 Å². The van der Waals surface area contributed by atoms with Gasteiger partial charge in [0.2, 0.25) is 0 Å². The van der Waals surface area contributed by atoms with Gasteiger partial charge in [-0.3, -0.25) is 4.98 Å². The lowest BCUT2D eigenvalue weighted by molar-refractivity contribution is 0.252. The van der Waals surface area contributed by atoms with Crippen LogP contribution in [0.2, 0.25) is 0 Å². The van der Waals surface area contributed by atoms with Gasteiger partial charge in [0.15, 0.2) is 0 Å². The highest BCUT2D eigenvalue weighted by molar-refractivity contribution is 5.89. The molecule has 2 N–H and O–H groups in total. The summed E-state index contributed by atoms with van der Waals surface area (Å²) in [5, 5.41) is 5.78. The van der Waals surface area contributed by atoms with E-state index in [-0.39, 0.29) is 6.03 Å². The fraction of sp³-hybridized carbons (Fsp3) is 0.421. The number of amides is 2. The molecule has 0 aliphatic carbocycles. The van der Waals surface area contributed by atoms with Crippen LogP contribution in [0.1, 0.15) is 29.7 Å². The van der Waals surface area contributed by atoms with Crippen LogP contribution >= 0.6 is 0 Å². The van der Waals surface area contributed by atoms with Crippen molar-refractivity contribution in [3.8, 4) is 0 Å². The summed E-state index contributed by atoms with van der Waals surface area (Å²) in [7, 11) is 0. The number of nitrogens with one attached hydrogen (secondary N) is 2. The van der Waals surface area contributed by atoms with Crippen molar-refractivity contribution in [1.82, 2.24) is 15.3 Å². The van der Waals surface area contributed by atoms with Crippen LogP contribution in [0.5, 0.6) is 0 Å². The van der Waals surface area contributed by atoms with E-state index < -0.39 is 0 Å². The number of pyridine rings is 2. The molecule has 2 aromatic heterocycles. The van der Waals surface area contributed by atoms with Gasteiger partial charge >= 0.3 is 6.03 Å². The van der Waals surface area contributed by atoms with E-state index in [1.54, 1.807) is 6.20 Å². The Balaban J connectivity index is 1.51. The lowest BCUT2D eigenvalue weighted by atomic mass is 10.1. The fourth-order valence-electron chi connectivity index (χ4n) is 3.06. The van der Waals surface area contributed by atoms with E-state index >= 15 is 0 Å². The summed E-state index contributed by atoms with van der Waals surface area (Å²) in [5.74, 6) is 0.995. The number of anilines is 2. The molecule has 0 radical (unpaired) electrons. The average Bonchev–Trinajstić information content (AvgIpc) is 3.13. The molecule has 3 heterocycles. The molecular weight excluding hydrogens is 314 g/mol. The van der Waals surface area contributed by atoms with Gasteiger partial charge in [0.25, 0.3) is 0 Å². The number of hydrogen-bond acceptors (Lipinski definition) is 4. The van der Waals surface area contributed by atoms with Crippen LogP contribution in [-0.4, -0.2) is 35.6 Å². The van der Waals surface area contributed by atoms with Crippen molar-refractivity contribution in [2.45, 2.75) is 33.1 Å². The van der Waals surface area contributed by atoms with Gasteiger partial charge in [-0.2, -0.15) is 0 Å². The summed E-state index contributed by atoms with van der Waals surface area (Å²) in [5.41, 5.74) is 3.93. The number of carbonyl (C=O) groups excluding carboxylic acids is 1. The van der Waals surface area contributed by atoms with E-state index in [4.69, 9.17) is 0 Å². The van der Waals surface area contributed by atoms with Crippen molar-refractivity contribution in [2.75, 3.05) is 29.9 Å². The molecule has 132 valence electrons. The SMILES string of the molecule is Cc1cnccc1CCNC(=O)Nc1ccc(N2CCCC2)nc1C. The fourth-order valence-corrected chi connectivity index (χ4v) is 3.06. The Morgan fingerprint density at radius 3 is 2.72 bits per heavy atom. The summed E-state index contributed by atoms with van der Waals surface area (Å²) < 4.78 is 0. The maximum Gasteiger partial charge on any atom is 0.319 e. The minimum atomic E-state index is -0.203. The van der Waals surface area contributed by atoms with Gasteiger partial charge in [0.1, 0.15) is 5.82 Å². The molecular formula is C19H25N5O. The number of hydrogen-bond donors (Lipinski definition) is 2. The van der Waals surface area contributed by atoms with Crippen LogP contribution in [0.3, 0.4) is 0 Å². The molecule has 1 aliphatic rings. The third-order valence-corrected chi connectivity index (χ3v) is 4.57. The smallest absolute Gasteiger partial charge is 0.319 e. The molecule has 0 bridgehead atoms. The predicted octanol–water partition coefficient (Wildman–Crippen LogP) is 3.06. The van der Waals surface area contributed by atoms with Crippen LogP contribution in [0, 0.1) is 13.8 Å². The maximum absolute atomic E-state index is 12.1. The van der Waals surface area contributed by atoms with Crippen LogP contribution in [0.4, 0.5) is 16.3 Å². The van der Waals surface area contributed by atoms with Crippen LogP contribution in [0.15, 0.2) is 30.6 Å². The highest BCUT2D eigenvalue weighted by Crippen LogP contribution is 2.21. The molecule has 0 spiro atoms. The molecule has 0 saturated carbocycles. The van der Waals surface area contributed by atoms with Crippen LogP contribution in [0.25, 0.3) is 0 Å². The Morgan fingerprint density at radius 1 is 1.20 bits per heavy atom. The minimum absolute atomic E-state index is 0.203. The number of urea groups is 1. The molecule has 25 heavy (non-hydrogen) atoms. The first kappa shape index (κ1) is 17.2. The second kappa shape index (κ2) is 7.96. The number of aryl methyl sites for hydroxylation is 2. The Kier molecular flexibility index (Phi) is 5.48. The molecule has 3 rings (SSSR count). The van der Waals surface area contributed by atoms with Gasteiger partial charge in [-0.25, -0.2) is 9.78 Å². The van der Waals surface area contributed by atoms with Gasteiger partial charge < -0.3 is 15.5 Å². The second-order valence-corrected chi connectivity index (χ2v) is 6.43. The molecule has 0 atom stereocenters. The summed E-state index contributed by atoms with van der Waals surface area (Å²) in [6.07, 6.45) is 6.85. The van der Waals surface area contributed by atoms with Crippen LogP contribution in [-0.2, 0) is 6.42 Å². The molecule has 6 nitrogen and oxygen atoms in total. The Hall–Kier alpha value is -2.63. The molecule has 1 aliphatic heterocycles. The third-order valence-electron chi connectivity index (χ3n) is 4.57. The maximum atomic E-state index is 12.1. The van der Waals surface area contributed by atoms with Gasteiger partial charge in [0, 0.05) is 32.0 Å². The van der Waals surface area contributed by atoms with Crippen LogP contribution < -0.4 is 15.5 Å². The van der Waals surface area contributed by atoms with E-state index in [1.807, 2.05) is 38.2 Å². The molecule has 2 amide bonds. The Bertz CT molecular complexity index is 740. The standard InChI is InChI=1S/C19H25N5O/c1-14-13-20-9-7-16(14)8-10-21-19(25)23-17-5-6-18(22-15(17)2)24-11-3-4-12-24/h5-7,9,13H,3-4,8,10-12H2,1-2H3,(H2,21,23,25). The topological polar surface area (TPSA) is 70.2 Å². The Morgan fingerprint density at radius 2 is 2.00 bits per heavy atom. The first-order valence-electron chi connectivity index (χ1n) is 8.80. The number of carbonyl (C=O) groups is 1. The van der Waals surface area contributed by atoms with E-state index in [2.05, 4.69) is 25.5 Å². The molecule has 2 aromatic rings. The van der Waals surface area contributed by atoms with E-state index in [0.29, 0.717) is 6.54 Å². The first-order chi connectivity index (χ1) is 12.1. The van der Waals surface area contributed by atoms with Gasteiger partial charge in [-0.1, -0.05) is 0 Å². The van der Waals surface area contributed by atoms with E-state index in [1.165, 1.54) is 18.4 Å². The number of rotatable bonds is 5. The number of aromatic nitrogens is 2. The van der Waals surface area contributed by atoms with Crippen molar-refractivity contribution >= 4 is 17.5 Å². The summed E-state index contributed by atoms with van der Waals surface area (Å²) >= 11 is 0. The zero-order chi connectivity index (χ0) is 17.6. The van der Waals surface area contributed by atoms with E-state index in [0.717, 1.165) is 42.3 Å². The van der Waals surface area contributed by atoms with Crippen molar-refractivity contribution in [2.24, 2.45) is 0 Å². The number of nitrogens with zero attached hydrogens (tertiary/aromatic N) is 3. The highest BCUT2D eigenvalue weighted by atomic mass is 16.2. The molecule has 6 heteroatoms. The van der Waals surface area contributed by atoms with Gasteiger partial charge in [-0.05, 0) is 62.4 Å². The van der Waals surface area contributed by atoms with Gasteiger partial charge in [-0.15, -0.1) is 0 Å². The molecule has 0 aromatic carbocycles. The van der Waals surface area contributed by atoms with Crippen molar-refractivity contribution < 1.29 is 4.79 Å². The molecule has 0 unspecified atom stereocenters. The quantitative estimate of drug-likeness (QED) is 0.878. The zero-order valence-corrected chi connectivity index (χ0v) is 14.9. The van der Waals surface area contributed by atoms with E-state index in [9.17, 15) is 4.79 Å². The highest BCUT2D eigenvalue weighted by Gasteiger charge is 2.14. The predicted molar refractivity (Wildman–Crippen MR) is 100 cm³/mol. The third kappa shape index (κ3) is 4.47. The lowest BCUT2D eigenvalue weighted by Gasteiger charge is -2.18. The average molecular weight is 339 g/mol. The first-order valence-corrected chi connectivity index (χ1v) is 8.80. The zero-order valence-electron chi connectivity index (χ0n) is 14.9. The monoisotopic (exact) mass is 339 g/mol.